The summed E-state index contributed by atoms with van der Waals surface area (Å²) in [4.78, 5) is 22.7. The van der Waals surface area contributed by atoms with E-state index in [9.17, 15) is 9.59 Å². The summed E-state index contributed by atoms with van der Waals surface area (Å²) in [6, 6.07) is 5.94. The molecule has 0 aliphatic carbocycles. The first-order valence-corrected chi connectivity index (χ1v) is 7.47. The molecule has 2 amide bonds. The maximum atomic E-state index is 12.0. The van der Waals surface area contributed by atoms with Crippen LogP contribution in [0.5, 0.6) is 0 Å². The molecule has 0 aliphatic rings. The smallest absolute Gasteiger partial charge is 0.316 e. The Labute approximate surface area is 123 Å². The van der Waals surface area contributed by atoms with Crippen molar-refractivity contribution in [2.24, 2.45) is 5.73 Å². The first kappa shape index (κ1) is 14.5. The fourth-order valence-electron chi connectivity index (χ4n) is 1.43. The normalized spacial score (nSPS) is 10.2. The number of urea groups is 1. The maximum Gasteiger partial charge on any atom is 0.316 e. The highest BCUT2D eigenvalue weighted by atomic mass is 32.2. The van der Waals surface area contributed by atoms with E-state index < -0.39 is 6.03 Å². The van der Waals surface area contributed by atoms with Gasteiger partial charge in [-0.3, -0.25) is 4.79 Å². The van der Waals surface area contributed by atoms with Crippen molar-refractivity contribution >= 4 is 40.6 Å². The van der Waals surface area contributed by atoms with Gasteiger partial charge in [0, 0.05) is 11.3 Å². The Morgan fingerprint density at radius 3 is 2.55 bits per heavy atom. The molecular formula is C12H12N4O2S2. The number of carbonyl (C=O) groups is 2. The van der Waals surface area contributed by atoms with E-state index in [4.69, 9.17) is 5.73 Å². The van der Waals surface area contributed by atoms with E-state index in [1.165, 1.54) is 23.1 Å². The minimum atomic E-state index is -0.633. The lowest BCUT2D eigenvalue weighted by Gasteiger charge is -2.03. The fraction of sp³-hybridized carbons (Fsp3) is 0.167. The molecule has 2 rings (SSSR count). The minimum Gasteiger partial charge on any atom is -0.351 e. The van der Waals surface area contributed by atoms with E-state index in [0.717, 1.165) is 9.35 Å². The average Bonchev–Trinajstić information content (AvgIpc) is 2.82. The molecule has 1 heterocycles. The summed E-state index contributed by atoms with van der Waals surface area (Å²) in [6.07, 6.45) is 0. The number of rotatable bonds is 5. The van der Waals surface area contributed by atoms with Crippen molar-refractivity contribution in [3.63, 3.8) is 0 Å². The molecule has 1 aromatic heterocycles. The number of nitrogens with zero attached hydrogens (tertiary/aromatic N) is 2. The molecule has 8 heteroatoms. The van der Waals surface area contributed by atoms with Crippen molar-refractivity contribution in [3.8, 4) is 0 Å². The van der Waals surface area contributed by atoms with Crippen LogP contribution in [0.1, 0.15) is 15.4 Å². The molecule has 1 aromatic carbocycles. The molecule has 6 nitrogen and oxygen atoms in total. The van der Waals surface area contributed by atoms with Crippen LogP contribution >= 0.6 is 23.1 Å². The lowest BCUT2D eigenvalue weighted by Crippen LogP contribution is -2.19. The zero-order chi connectivity index (χ0) is 14.5. The molecule has 2 aromatic rings. The monoisotopic (exact) mass is 308 g/mol. The van der Waals surface area contributed by atoms with Gasteiger partial charge >= 0.3 is 6.03 Å². The van der Waals surface area contributed by atoms with Crippen LogP contribution in [0.2, 0.25) is 0 Å². The number of anilines is 1. The second kappa shape index (κ2) is 6.49. The van der Waals surface area contributed by atoms with Crippen LogP contribution in [-0.2, 0) is 0 Å². The molecule has 0 spiro atoms. The summed E-state index contributed by atoms with van der Waals surface area (Å²) in [5.74, 6) is 0.297. The van der Waals surface area contributed by atoms with Gasteiger partial charge in [-0.05, 0) is 31.2 Å². The van der Waals surface area contributed by atoms with Gasteiger partial charge in [0.1, 0.15) is 5.01 Å². The number of thioether (sulfide) groups is 1. The Kier molecular flexibility index (Phi) is 4.70. The van der Waals surface area contributed by atoms with Crippen molar-refractivity contribution in [1.82, 2.24) is 10.2 Å². The Bertz CT molecular complexity index is 625. The van der Waals surface area contributed by atoms with Crippen LogP contribution in [0.3, 0.4) is 0 Å². The van der Waals surface area contributed by atoms with Gasteiger partial charge < -0.3 is 11.1 Å². The highest BCUT2D eigenvalue weighted by molar-refractivity contribution is 8.01. The van der Waals surface area contributed by atoms with Crippen LogP contribution in [-0.4, -0.2) is 27.8 Å². The third kappa shape index (κ3) is 4.04. The van der Waals surface area contributed by atoms with Crippen LogP contribution in [0.4, 0.5) is 10.5 Å². The van der Waals surface area contributed by atoms with E-state index in [1.54, 1.807) is 24.3 Å². The summed E-state index contributed by atoms with van der Waals surface area (Å²) >= 11 is 2.83. The van der Waals surface area contributed by atoms with Crippen LogP contribution in [0.15, 0.2) is 28.6 Å². The number of amides is 2. The number of benzene rings is 1. The van der Waals surface area contributed by atoms with Crippen molar-refractivity contribution in [1.29, 1.82) is 0 Å². The van der Waals surface area contributed by atoms with E-state index in [1.807, 2.05) is 6.92 Å². The third-order valence-electron chi connectivity index (χ3n) is 2.31. The van der Waals surface area contributed by atoms with Crippen molar-refractivity contribution in [3.05, 3.63) is 34.8 Å². The lowest BCUT2D eigenvalue weighted by molar-refractivity contribution is 0.102. The Morgan fingerprint density at radius 2 is 2.00 bits per heavy atom. The number of ketones is 1. The standard InChI is InChI=1S/C12H12N4O2S2/c1-7-15-16-12(20-7)19-6-10(17)8-2-4-9(5-3-8)14-11(13)18/h2-5H,6H2,1H3,(H3,13,14,18). The van der Waals surface area contributed by atoms with Crippen LogP contribution in [0, 0.1) is 6.92 Å². The molecular weight excluding hydrogens is 296 g/mol. The molecule has 0 aliphatic heterocycles. The summed E-state index contributed by atoms with van der Waals surface area (Å²) in [6.45, 7) is 1.87. The topological polar surface area (TPSA) is 98.0 Å². The van der Waals surface area contributed by atoms with Crippen molar-refractivity contribution < 1.29 is 9.59 Å². The number of primary amides is 1. The molecule has 20 heavy (non-hydrogen) atoms. The average molecular weight is 308 g/mol. The van der Waals surface area contributed by atoms with Crippen LogP contribution in [0.25, 0.3) is 0 Å². The fourth-order valence-corrected chi connectivity index (χ4v) is 3.14. The van der Waals surface area contributed by atoms with Gasteiger partial charge in [0.25, 0.3) is 0 Å². The van der Waals surface area contributed by atoms with Gasteiger partial charge in [0.2, 0.25) is 0 Å². The van der Waals surface area contributed by atoms with Gasteiger partial charge in [-0.25, -0.2) is 4.79 Å². The highest BCUT2D eigenvalue weighted by Gasteiger charge is 2.09. The molecule has 0 saturated carbocycles. The number of aryl methyl sites for hydroxylation is 1. The molecule has 0 atom stereocenters. The van der Waals surface area contributed by atoms with Gasteiger partial charge in [-0.2, -0.15) is 0 Å². The first-order chi connectivity index (χ1) is 9.54. The van der Waals surface area contributed by atoms with Gasteiger partial charge in [-0.15, -0.1) is 10.2 Å². The zero-order valence-corrected chi connectivity index (χ0v) is 12.3. The van der Waals surface area contributed by atoms with E-state index >= 15 is 0 Å². The molecule has 0 bridgehead atoms. The maximum absolute atomic E-state index is 12.0. The van der Waals surface area contributed by atoms with Gasteiger partial charge in [0.15, 0.2) is 10.1 Å². The summed E-state index contributed by atoms with van der Waals surface area (Å²) < 4.78 is 0.780. The highest BCUT2D eigenvalue weighted by Crippen LogP contribution is 2.23. The predicted molar refractivity (Wildman–Crippen MR) is 79.3 cm³/mol. The largest absolute Gasteiger partial charge is 0.351 e. The summed E-state index contributed by atoms with van der Waals surface area (Å²) in [5, 5.41) is 11.2. The molecule has 0 fully saturated rings. The van der Waals surface area contributed by atoms with E-state index in [-0.39, 0.29) is 5.78 Å². The number of carbonyl (C=O) groups excluding carboxylic acids is 2. The predicted octanol–water partition coefficient (Wildman–Crippen LogP) is 2.31. The molecule has 0 radical (unpaired) electrons. The zero-order valence-electron chi connectivity index (χ0n) is 10.6. The number of nitrogens with one attached hydrogen (secondary N) is 1. The minimum absolute atomic E-state index is 0.00604. The Morgan fingerprint density at radius 1 is 1.30 bits per heavy atom. The number of Topliss-reactive ketones (excluding diaryl/α,β-unsaturated/α-hetero) is 1. The van der Waals surface area contributed by atoms with E-state index in [2.05, 4.69) is 15.5 Å². The summed E-state index contributed by atoms with van der Waals surface area (Å²) in [7, 11) is 0. The number of hydrogen-bond donors (Lipinski definition) is 2. The second-order valence-corrected chi connectivity index (χ2v) is 6.27. The van der Waals surface area contributed by atoms with E-state index in [0.29, 0.717) is 17.0 Å². The molecule has 0 saturated heterocycles. The quantitative estimate of drug-likeness (QED) is 0.652. The Hall–Kier alpha value is -1.93. The SMILES string of the molecule is Cc1nnc(SCC(=O)c2ccc(NC(N)=O)cc2)s1. The van der Waals surface area contributed by atoms with Gasteiger partial charge in [0.05, 0.1) is 5.75 Å². The Balaban J connectivity index is 1.93. The lowest BCUT2D eigenvalue weighted by atomic mass is 10.1. The van der Waals surface area contributed by atoms with Crippen molar-refractivity contribution in [2.75, 3.05) is 11.1 Å². The molecule has 3 N–H and O–H groups in total. The second-order valence-electron chi connectivity index (χ2n) is 3.87. The third-order valence-corrected chi connectivity index (χ3v) is 4.28. The first-order valence-electron chi connectivity index (χ1n) is 5.67. The number of nitrogens with two attached hydrogens (primary N) is 1. The number of aromatic nitrogens is 2. The summed E-state index contributed by atoms with van der Waals surface area (Å²) in [5.41, 5.74) is 6.14. The molecule has 0 unspecified atom stereocenters. The van der Waals surface area contributed by atoms with Crippen LogP contribution < -0.4 is 11.1 Å². The number of hydrogen-bond acceptors (Lipinski definition) is 6. The molecule has 104 valence electrons. The van der Waals surface area contributed by atoms with Crippen molar-refractivity contribution in [2.45, 2.75) is 11.3 Å². The van der Waals surface area contributed by atoms with Gasteiger partial charge in [-0.1, -0.05) is 23.1 Å².